The van der Waals surface area contributed by atoms with E-state index in [1.54, 1.807) is 0 Å². The van der Waals surface area contributed by atoms with E-state index in [9.17, 15) is 4.79 Å². The van der Waals surface area contributed by atoms with E-state index in [0.717, 1.165) is 0 Å². The van der Waals surface area contributed by atoms with Crippen LogP contribution in [0.2, 0.25) is 0 Å². The summed E-state index contributed by atoms with van der Waals surface area (Å²) in [4.78, 5) is 10.4. The first-order valence-corrected chi connectivity index (χ1v) is 3.02. The van der Waals surface area contributed by atoms with E-state index in [0.29, 0.717) is 0 Å². The van der Waals surface area contributed by atoms with Crippen LogP contribution in [0.1, 0.15) is 20.8 Å². The minimum Gasteiger partial charge on any atom is -0.366 e. The second-order valence-electron chi connectivity index (χ2n) is 2.94. The number of carbonyl (C=O) groups excluding carboxylic acids is 1. The molecule has 0 aliphatic heterocycles. The zero-order chi connectivity index (χ0) is 8.20. The third kappa shape index (κ3) is 5.53. The van der Waals surface area contributed by atoms with Crippen LogP contribution in [0.3, 0.4) is 0 Å². The van der Waals surface area contributed by atoms with Crippen molar-refractivity contribution in [2.45, 2.75) is 26.4 Å². The molecule has 1 amide bonds. The van der Waals surface area contributed by atoms with E-state index < -0.39 is 5.91 Å². The van der Waals surface area contributed by atoms with Gasteiger partial charge in [0.25, 0.3) is 5.91 Å². The highest BCUT2D eigenvalue weighted by molar-refractivity contribution is 5.75. The molecule has 0 aliphatic rings. The smallest absolute Gasteiger partial charge is 0.269 e. The number of hydroxylamine groups is 1. The fourth-order valence-corrected chi connectivity index (χ4v) is 0.314. The predicted octanol–water partition coefficient (Wildman–Crippen LogP) is 0.307. The van der Waals surface area contributed by atoms with Gasteiger partial charge in [0.2, 0.25) is 0 Å². The summed E-state index contributed by atoms with van der Waals surface area (Å²) in [7, 11) is 0. The Bertz CT molecular complexity index is 117. The molecule has 0 radical (unpaired) electrons. The lowest BCUT2D eigenvalue weighted by Crippen LogP contribution is -2.29. The SMILES string of the molecule is CC(C)(C)OCC(=O)NO. The molecule has 0 fully saturated rings. The van der Waals surface area contributed by atoms with Crippen LogP contribution in [0.5, 0.6) is 0 Å². The molecule has 2 N–H and O–H groups in total. The van der Waals surface area contributed by atoms with Gasteiger partial charge in [0, 0.05) is 0 Å². The fourth-order valence-electron chi connectivity index (χ4n) is 0.314. The van der Waals surface area contributed by atoms with Crippen molar-refractivity contribution in [1.29, 1.82) is 0 Å². The van der Waals surface area contributed by atoms with E-state index in [1.165, 1.54) is 5.48 Å². The average molecular weight is 147 g/mol. The van der Waals surface area contributed by atoms with Crippen molar-refractivity contribution in [2.24, 2.45) is 0 Å². The van der Waals surface area contributed by atoms with Crippen molar-refractivity contribution in [3.05, 3.63) is 0 Å². The molecule has 0 bridgehead atoms. The van der Waals surface area contributed by atoms with Crippen LogP contribution in [0.4, 0.5) is 0 Å². The first kappa shape index (κ1) is 9.39. The van der Waals surface area contributed by atoms with Crippen molar-refractivity contribution in [2.75, 3.05) is 6.61 Å². The quantitative estimate of drug-likeness (QED) is 0.436. The minimum atomic E-state index is -0.532. The van der Waals surface area contributed by atoms with Gasteiger partial charge >= 0.3 is 0 Å². The highest BCUT2D eigenvalue weighted by Gasteiger charge is 2.11. The molecule has 0 saturated carbocycles. The largest absolute Gasteiger partial charge is 0.366 e. The standard InChI is InChI=1S/C6H13NO3/c1-6(2,3)10-4-5(8)7-9/h9H,4H2,1-3H3,(H,7,8). The monoisotopic (exact) mass is 147 g/mol. The summed E-state index contributed by atoms with van der Waals surface area (Å²) >= 11 is 0. The molecule has 0 aromatic rings. The van der Waals surface area contributed by atoms with Gasteiger partial charge in [-0.2, -0.15) is 0 Å². The van der Waals surface area contributed by atoms with Gasteiger partial charge in [-0.3, -0.25) is 10.0 Å². The van der Waals surface area contributed by atoms with E-state index >= 15 is 0 Å². The molecule has 0 spiro atoms. The van der Waals surface area contributed by atoms with Gasteiger partial charge < -0.3 is 4.74 Å². The first-order chi connectivity index (χ1) is 4.45. The lowest BCUT2D eigenvalue weighted by atomic mass is 10.2. The van der Waals surface area contributed by atoms with Crippen LogP contribution in [-0.2, 0) is 9.53 Å². The molecule has 4 heteroatoms. The molecule has 0 aromatic carbocycles. The maximum absolute atomic E-state index is 10.4. The van der Waals surface area contributed by atoms with E-state index in [4.69, 9.17) is 9.94 Å². The van der Waals surface area contributed by atoms with Gasteiger partial charge in [0.1, 0.15) is 6.61 Å². The molecule has 10 heavy (non-hydrogen) atoms. The van der Waals surface area contributed by atoms with Crippen LogP contribution in [-0.4, -0.2) is 23.3 Å². The maximum atomic E-state index is 10.4. The Kier molecular flexibility index (Phi) is 3.32. The highest BCUT2D eigenvalue weighted by atomic mass is 16.5. The Morgan fingerprint density at radius 2 is 2.10 bits per heavy atom. The lowest BCUT2D eigenvalue weighted by Gasteiger charge is -2.18. The van der Waals surface area contributed by atoms with Crippen LogP contribution in [0.25, 0.3) is 0 Å². The third-order valence-corrected chi connectivity index (χ3v) is 0.761. The molecule has 60 valence electrons. The summed E-state index contributed by atoms with van der Waals surface area (Å²) in [5.41, 5.74) is 1.13. The Balaban J connectivity index is 3.46. The van der Waals surface area contributed by atoms with Gasteiger partial charge in [-0.25, -0.2) is 5.48 Å². The van der Waals surface area contributed by atoms with E-state index in [-0.39, 0.29) is 12.2 Å². The van der Waals surface area contributed by atoms with Crippen LogP contribution < -0.4 is 5.48 Å². The number of carbonyl (C=O) groups is 1. The van der Waals surface area contributed by atoms with Crippen LogP contribution in [0, 0.1) is 0 Å². The highest BCUT2D eigenvalue weighted by Crippen LogP contribution is 2.05. The minimum absolute atomic E-state index is 0.111. The number of amides is 1. The van der Waals surface area contributed by atoms with Gasteiger partial charge in [0.05, 0.1) is 5.60 Å². The normalized spacial score (nSPS) is 11.2. The van der Waals surface area contributed by atoms with Gasteiger partial charge in [-0.15, -0.1) is 0 Å². The number of hydrogen-bond acceptors (Lipinski definition) is 3. The molecular weight excluding hydrogens is 134 g/mol. The molecule has 0 saturated heterocycles. The summed E-state index contributed by atoms with van der Waals surface area (Å²) in [5, 5.41) is 8.05. The van der Waals surface area contributed by atoms with Gasteiger partial charge in [-0.05, 0) is 20.8 Å². The Morgan fingerprint density at radius 3 is 2.40 bits per heavy atom. The summed E-state index contributed by atoms with van der Waals surface area (Å²) in [6.07, 6.45) is 0. The summed E-state index contributed by atoms with van der Waals surface area (Å²) in [5.74, 6) is -0.532. The topological polar surface area (TPSA) is 58.6 Å². The van der Waals surface area contributed by atoms with Gasteiger partial charge in [-0.1, -0.05) is 0 Å². The molecule has 0 unspecified atom stereocenters. The number of hydrogen-bond donors (Lipinski definition) is 2. The van der Waals surface area contributed by atoms with Crippen LogP contribution >= 0.6 is 0 Å². The molecular formula is C6H13NO3. The molecule has 0 rings (SSSR count). The fraction of sp³-hybridized carbons (Fsp3) is 0.833. The molecule has 0 heterocycles. The Labute approximate surface area is 60.1 Å². The maximum Gasteiger partial charge on any atom is 0.269 e. The summed E-state index contributed by atoms with van der Waals surface area (Å²) in [6.45, 7) is 5.38. The number of ether oxygens (including phenoxy) is 1. The third-order valence-electron chi connectivity index (χ3n) is 0.761. The van der Waals surface area contributed by atoms with Gasteiger partial charge in [0.15, 0.2) is 0 Å². The summed E-state index contributed by atoms with van der Waals surface area (Å²) < 4.78 is 5.01. The van der Waals surface area contributed by atoms with Crippen molar-refractivity contribution in [1.82, 2.24) is 5.48 Å². The summed E-state index contributed by atoms with van der Waals surface area (Å²) in [6, 6.07) is 0. The average Bonchev–Trinajstić information content (AvgIpc) is 1.81. The molecule has 0 aromatic heterocycles. The Hall–Kier alpha value is -0.610. The van der Waals surface area contributed by atoms with Crippen molar-refractivity contribution < 1.29 is 14.7 Å². The lowest BCUT2D eigenvalue weighted by molar-refractivity contribution is -0.138. The molecule has 0 atom stereocenters. The predicted molar refractivity (Wildman–Crippen MR) is 35.6 cm³/mol. The van der Waals surface area contributed by atoms with E-state index in [2.05, 4.69) is 0 Å². The number of nitrogens with one attached hydrogen (secondary N) is 1. The molecule has 0 aliphatic carbocycles. The Morgan fingerprint density at radius 1 is 1.60 bits per heavy atom. The second-order valence-corrected chi connectivity index (χ2v) is 2.94. The number of rotatable bonds is 2. The zero-order valence-electron chi connectivity index (χ0n) is 6.47. The van der Waals surface area contributed by atoms with Crippen molar-refractivity contribution in [3.63, 3.8) is 0 Å². The van der Waals surface area contributed by atoms with Crippen molar-refractivity contribution in [3.8, 4) is 0 Å². The van der Waals surface area contributed by atoms with Crippen LogP contribution in [0.15, 0.2) is 0 Å². The van der Waals surface area contributed by atoms with E-state index in [1.807, 2.05) is 20.8 Å². The van der Waals surface area contributed by atoms with Crippen molar-refractivity contribution >= 4 is 5.91 Å². The second kappa shape index (κ2) is 3.53. The zero-order valence-corrected chi connectivity index (χ0v) is 6.47. The molecule has 4 nitrogen and oxygen atoms in total. The first-order valence-electron chi connectivity index (χ1n) is 3.02.